The van der Waals surface area contributed by atoms with Gasteiger partial charge in [-0.25, -0.2) is 4.98 Å². The number of pyridine rings is 1. The fraction of sp³-hybridized carbons (Fsp3) is 0.238. The van der Waals surface area contributed by atoms with Crippen LogP contribution in [0.5, 0.6) is 0 Å². The molecule has 138 valence electrons. The van der Waals surface area contributed by atoms with E-state index in [9.17, 15) is 4.79 Å². The summed E-state index contributed by atoms with van der Waals surface area (Å²) < 4.78 is 0. The number of aromatic nitrogens is 2. The first-order chi connectivity index (χ1) is 12.8. The number of rotatable bonds is 3. The van der Waals surface area contributed by atoms with Crippen LogP contribution in [0.2, 0.25) is 24.7 Å². The van der Waals surface area contributed by atoms with E-state index >= 15 is 0 Å². The fourth-order valence-corrected chi connectivity index (χ4v) is 5.55. The van der Waals surface area contributed by atoms with Gasteiger partial charge in [0.05, 0.1) is 13.1 Å². The lowest BCUT2D eigenvalue weighted by Crippen LogP contribution is -2.39. The SMILES string of the molecule is C=CC(=O)N1CCc2ccc(-c3c([Si](C)(C)C)[nH]c4nccc(Cl)c34)cc21. The van der Waals surface area contributed by atoms with Gasteiger partial charge >= 0.3 is 0 Å². The summed E-state index contributed by atoms with van der Waals surface area (Å²) in [6, 6.07) is 8.20. The summed E-state index contributed by atoms with van der Waals surface area (Å²) in [4.78, 5) is 22.1. The van der Waals surface area contributed by atoms with Crippen molar-refractivity contribution in [2.75, 3.05) is 11.4 Å². The standard InChI is InChI=1S/C21H22ClN3OSi/c1-5-17(26)25-11-9-13-6-7-14(12-16(13)25)18-19-15(22)8-10-23-20(19)24-21(18)27(2,3)4/h5-8,10,12H,1,9,11H2,2-4H3,(H,23,24). The van der Waals surface area contributed by atoms with E-state index in [0.717, 1.165) is 34.3 Å². The Hall–Kier alpha value is -2.37. The van der Waals surface area contributed by atoms with Crippen LogP contribution in [0.15, 0.2) is 43.1 Å². The maximum atomic E-state index is 12.2. The van der Waals surface area contributed by atoms with Gasteiger partial charge in [0, 0.05) is 34.7 Å². The molecule has 0 aliphatic carbocycles. The first-order valence-electron chi connectivity index (χ1n) is 9.05. The quantitative estimate of drug-likeness (QED) is 0.524. The van der Waals surface area contributed by atoms with Crippen LogP contribution in [0.3, 0.4) is 0 Å². The topological polar surface area (TPSA) is 49.0 Å². The summed E-state index contributed by atoms with van der Waals surface area (Å²) in [5.41, 5.74) is 5.15. The molecule has 4 nitrogen and oxygen atoms in total. The van der Waals surface area contributed by atoms with Crippen molar-refractivity contribution in [3.63, 3.8) is 0 Å². The van der Waals surface area contributed by atoms with E-state index in [2.05, 4.69) is 54.4 Å². The molecule has 0 fully saturated rings. The van der Waals surface area contributed by atoms with Gasteiger partial charge < -0.3 is 9.88 Å². The second kappa shape index (κ2) is 6.36. The fourth-order valence-electron chi connectivity index (χ4n) is 3.80. The van der Waals surface area contributed by atoms with Gasteiger partial charge in [0.15, 0.2) is 0 Å². The number of nitrogens with zero attached hydrogens (tertiary/aromatic N) is 2. The van der Waals surface area contributed by atoms with Gasteiger partial charge in [0.2, 0.25) is 5.91 Å². The number of carbonyl (C=O) groups is 1. The first-order valence-corrected chi connectivity index (χ1v) is 12.9. The second-order valence-electron chi connectivity index (χ2n) is 7.93. The minimum atomic E-state index is -1.69. The van der Waals surface area contributed by atoms with Crippen molar-refractivity contribution >= 4 is 47.6 Å². The van der Waals surface area contributed by atoms with E-state index in [0.29, 0.717) is 11.6 Å². The monoisotopic (exact) mass is 395 g/mol. The van der Waals surface area contributed by atoms with Crippen molar-refractivity contribution < 1.29 is 4.79 Å². The molecule has 0 unspecified atom stereocenters. The van der Waals surface area contributed by atoms with Gasteiger partial charge in [-0.2, -0.15) is 0 Å². The molecule has 1 aromatic carbocycles. The van der Waals surface area contributed by atoms with E-state index in [4.69, 9.17) is 11.6 Å². The Labute approximate surface area is 164 Å². The van der Waals surface area contributed by atoms with Gasteiger partial charge in [0.1, 0.15) is 5.65 Å². The average molecular weight is 396 g/mol. The van der Waals surface area contributed by atoms with Crippen LogP contribution < -0.4 is 10.2 Å². The number of hydrogen-bond donors (Lipinski definition) is 1. The highest BCUT2D eigenvalue weighted by molar-refractivity contribution is 6.89. The van der Waals surface area contributed by atoms with E-state index in [-0.39, 0.29) is 5.91 Å². The second-order valence-corrected chi connectivity index (χ2v) is 13.3. The number of benzene rings is 1. The van der Waals surface area contributed by atoms with Crippen LogP contribution >= 0.6 is 11.6 Å². The van der Waals surface area contributed by atoms with E-state index < -0.39 is 8.07 Å². The van der Waals surface area contributed by atoms with Crippen molar-refractivity contribution in [1.29, 1.82) is 0 Å². The Morgan fingerprint density at radius 3 is 2.81 bits per heavy atom. The molecular weight excluding hydrogens is 374 g/mol. The molecule has 0 saturated carbocycles. The minimum absolute atomic E-state index is 0.0602. The molecule has 2 aromatic heterocycles. The summed E-state index contributed by atoms with van der Waals surface area (Å²) >= 11 is 6.57. The third-order valence-electron chi connectivity index (χ3n) is 5.10. The summed E-state index contributed by atoms with van der Waals surface area (Å²) in [7, 11) is -1.69. The molecule has 27 heavy (non-hydrogen) atoms. The third kappa shape index (κ3) is 2.91. The minimum Gasteiger partial charge on any atom is -0.347 e. The number of fused-ring (bicyclic) bond motifs is 2. The third-order valence-corrected chi connectivity index (χ3v) is 7.29. The van der Waals surface area contributed by atoms with Crippen molar-refractivity contribution in [1.82, 2.24) is 9.97 Å². The molecule has 0 atom stereocenters. The number of H-pyrrole nitrogens is 1. The Balaban J connectivity index is 1.99. The molecule has 3 aromatic rings. The van der Waals surface area contributed by atoms with E-state index in [1.807, 2.05) is 6.07 Å². The Kier molecular flexibility index (Phi) is 4.24. The van der Waals surface area contributed by atoms with Crippen LogP contribution in [0, 0.1) is 0 Å². The van der Waals surface area contributed by atoms with Gasteiger partial charge in [-0.15, -0.1) is 0 Å². The molecule has 1 amide bonds. The van der Waals surface area contributed by atoms with Crippen molar-refractivity contribution in [3.8, 4) is 11.1 Å². The lowest BCUT2D eigenvalue weighted by Gasteiger charge is -2.19. The molecule has 6 heteroatoms. The first kappa shape index (κ1) is 18.0. The molecule has 0 bridgehead atoms. The van der Waals surface area contributed by atoms with Crippen molar-refractivity contribution in [3.05, 3.63) is 53.7 Å². The normalized spacial score (nSPS) is 13.9. The average Bonchev–Trinajstić information content (AvgIpc) is 3.22. The number of amides is 1. The lowest BCUT2D eigenvalue weighted by atomic mass is 10.0. The smallest absolute Gasteiger partial charge is 0.250 e. The Bertz CT molecular complexity index is 1080. The summed E-state index contributed by atoms with van der Waals surface area (Å²) in [5.74, 6) is -0.0602. The molecule has 4 rings (SSSR count). The number of hydrogen-bond acceptors (Lipinski definition) is 2. The van der Waals surface area contributed by atoms with Gasteiger partial charge in [-0.3, -0.25) is 4.79 Å². The predicted molar refractivity (Wildman–Crippen MR) is 116 cm³/mol. The molecule has 1 N–H and O–H groups in total. The van der Waals surface area contributed by atoms with E-state index in [1.165, 1.54) is 17.0 Å². The summed E-state index contributed by atoms with van der Waals surface area (Å²) in [6.07, 6.45) is 3.97. The van der Waals surface area contributed by atoms with Gasteiger partial charge in [-0.1, -0.05) is 50.0 Å². The van der Waals surface area contributed by atoms with Crippen LogP contribution in [-0.4, -0.2) is 30.5 Å². The Morgan fingerprint density at radius 2 is 2.11 bits per heavy atom. The molecule has 0 radical (unpaired) electrons. The maximum absolute atomic E-state index is 12.2. The zero-order valence-electron chi connectivity index (χ0n) is 15.8. The Morgan fingerprint density at radius 1 is 1.33 bits per heavy atom. The van der Waals surface area contributed by atoms with Crippen LogP contribution in [0.4, 0.5) is 5.69 Å². The van der Waals surface area contributed by atoms with Crippen LogP contribution in [0.25, 0.3) is 22.2 Å². The van der Waals surface area contributed by atoms with Gasteiger partial charge in [-0.05, 0) is 35.8 Å². The van der Waals surface area contributed by atoms with Gasteiger partial charge in [0.25, 0.3) is 0 Å². The van der Waals surface area contributed by atoms with Crippen LogP contribution in [0.1, 0.15) is 5.56 Å². The van der Waals surface area contributed by atoms with Crippen molar-refractivity contribution in [2.24, 2.45) is 0 Å². The summed E-state index contributed by atoms with van der Waals surface area (Å²) in [6.45, 7) is 11.2. The number of anilines is 1. The highest BCUT2D eigenvalue weighted by Crippen LogP contribution is 2.37. The van der Waals surface area contributed by atoms with E-state index in [1.54, 1.807) is 11.1 Å². The molecule has 0 spiro atoms. The molecule has 0 saturated heterocycles. The number of nitrogens with one attached hydrogen (secondary N) is 1. The highest BCUT2D eigenvalue weighted by atomic mass is 35.5. The molecule has 1 aliphatic rings. The van der Waals surface area contributed by atoms with Crippen LogP contribution in [-0.2, 0) is 11.2 Å². The maximum Gasteiger partial charge on any atom is 0.250 e. The molecular formula is C21H22ClN3OSi. The zero-order valence-corrected chi connectivity index (χ0v) is 17.5. The largest absolute Gasteiger partial charge is 0.347 e. The zero-order chi connectivity index (χ0) is 19.3. The summed E-state index contributed by atoms with van der Waals surface area (Å²) in [5, 5.41) is 2.86. The predicted octanol–water partition coefficient (Wildman–Crippen LogP) is 4.50. The van der Waals surface area contributed by atoms with Crippen molar-refractivity contribution in [2.45, 2.75) is 26.1 Å². The molecule has 3 heterocycles. The number of aromatic amines is 1. The number of carbonyl (C=O) groups excluding carboxylic acids is 1. The molecule has 1 aliphatic heterocycles. The number of halogens is 1. The lowest BCUT2D eigenvalue weighted by molar-refractivity contribution is -0.114. The highest BCUT2D eigenvalue weighted by Gasteiger charge is 2.29.